The van der Waals surface area contributed by atoms with Gasteiger partial charge in [0.15, 0.2) is 0 Å². The second-order valence-corrected chi connectivity index (χ2v) is 7.03. The zero-order chi connectivity index (χ0) is 17.8. The molecular weight excluding hydrogens is 359 g/mol. The number of aliphatic hydroxyl groups is 1. The zero-order valence-corrected chi connectivity index (χ0v) is 15.2. The van der Waals surface area contributed by atoms with Gasteiger partial charge in [0.05, 0.1) is 6.10 Å². The van der Waals surface area contributed by atoms with Crippen LogP contribution in [0.2, 0.25) is 10.0 Å². The summed E-state index contributed by atoms with van der Waals surface area (Å²) >= 11 is 12.2. The number of piperidine rings is 1. The molecule has 6 heteroatoms. The number of rotatable bonds is 4. The molecule has 1 saturated heterocycles. The third-order valence-corrected chi connectivity index (χ3v) is 4.98. The standard InChI is InChI=1S/C19H20Cl2N2O2/c20-15-3-6-18(21)14(11-15)12-22-16-4-1-13(2-5-16)19(25)23-9-7-17(24)8-10-23/h1-6,11,17,22,24H,7-10,12H2. The third kappa shape index (κ3) is 4.66. The topological polar surface area (TPSA) is 52.6 Å². The van der Waals surface area contributed by atoms with Gasteiger partial charge in [-0.25, -0.2) is 0 Å². The van der Waals surface area contributed by atoms with Crippen LogP contribution in [0.4, 0.5) is 5.69 Å². The maximum atomic E-state index is 12.5. The van der Waals surface area contributed by atoms with Crippen LogP contribution in [0, 0.1) is 0 Å². The Hall–Kier alpha value is -1.75. The molecule has 0 aliphatic carbocycles. The zero-order valence-electron chi connectivity index (χ0n) is 13.7. The van der Waals surface area contributed by atoms with Crippen molar-refractivity contribution in [3.8, 4) is 0 Å². The molecule has 1 aliphatic rings. The van der Waals surface area contributed by atoms with Crippen molar-refractivity contribution in [3.63, 3.8) is 0 Å². The van der Waals surface area contributed by atoms with E-state index in [4.69, 9.17) is 23.2 Å². The summed E-state index contributed by atoms with van der Waals surface area (Å²) in [6.45, 7) is 1.76. The van der Waals surface area contributed by atoms with Crippen molar-refractivity contribution in [1.29, 1.82) is 0 Å². The van der Waals surface area contributed by atoms with Gasteiger partial charge in [-0.1, -0.05) is 23.2 Å². The van der Waals surface area contributed by atoms with Gasteiger partial charge in [0.2, 0.25) is 0 Å². The highest BCUT2D eigenvalue weighted by atomic mass is 35.5. The van der Waals surface area contributed by atoms with Gasteiger partial charge < -0.3 is 15.3 Å². The largest absolute Gasteiger partial charge is 0.393 e. The Bertz CT molecular complexity index is 742. The predicted molar refractivity (Wildman–Crippen MR) is 101 cm³/mol. The Morgan fingerprint density at radius 1 is 1.12 bits per heavy atom. The third-order valence-electron chi connectivity index (χ3n) is 4.37. The summed E-state index contributed by atoms with van der Waals surface area (Å²) in [4.78, 5) is 14.3. The lowest BCUT2D eigenvalue weighted by atomic mass is 10.1. The van der Waals surface area contributed by atoms with E-state index in [1.54, 1.807) is 17.0 Å². The van der Waals surface area contributed by atoms with E-state index < -0.39 is 0 Å². The monoisotopic (exact) mass is 378 g/mol. The molecule has 0 atom stereocenters. The Labute approximate surface area is 157 Å². The minimum atomic E-state index is -0.283. The number of anilines is 1. The highest BCUT2D eigenvalue weighted by molar-refractivity contribution is 6.33. The van der Waals surface area contributed by atoms with Crippen LogP contribution in [-0.4, -0.2) is 35.1 Å². The average Bonchev–Trinajstić information content (AvgIpc) is 2.63. The fourth-order valence-corrected chi connectivity index (χ4v) is 3.24. The fourth-order valence-electron chi connectivity index (χ4n) is 2.86. The molecule has 132 valence electrons. The number of nitrogens with zero attached hydrogens (tertiary/aromatic N) is 1. The van der Waals surface area contributed by atoms with E-state index in [2.05, 4.69) is 5.32 Å². The van der Waals surface area contributed by atoms with Gasteiger partial charge >= 0.3 is 0 Å². The number of hydrogen-bond donors (Lipinski definition) is 2. The van der Waals surface area contributed by atoms with Crippen molar-refractivity contribution in [1.82, 2.24) is 4.90 Å². The average molecular weight is 379 g/mol. The number of amides is 1. The Balaban J connectivity index is 1.60. The van der Waals surface area contributed by atoms with Crippen LogP contribution in [0.1, 0.15) is 28.8 Å². The molecule has 0 spiro atoms. The molecule has 2 aromatic rings. The first kappa shape index (κ1) is 18.1. The number of halogens is 2. The predicted octanol–water partition coefficient (Wildman–Crippen LogP) is 4.20. The lowest BCUT2D eigenvalue weighted by Crippen LogP contribution is -2.40. The van der Waals surface area contributed by atoms with Gasteiger partial charge in [0.25, 0.3) is 5.91 Å². The molecule has 0 unspecified atom stereocenters. The first-order valence-electron chi connectivity index (χ1n) is 8.28. The molecule has 2 N–H and O–H groups in total. The lowest BCUT2D eigenvalue weighted by molar-refractivity contribution is 0.0546. The lowest BCUT2D eigenvalue weighted by Gasteiger charge is -2.29. The molecule has 4 nitrogen and oxygen atoms in total. The maximum absolute atomic E-state index is 12.5. The number of aliphatic hydroxyl groups excluding tert-OH is 1. The number of nitrogens with one attached hydrogen (secondary N) is 1. The number of carbonyl (C=O) groups is 1. The normalized spacial score (nSPS) is 15.2. The van der Waals surface area contributed by atoms with Crippen molar-refractivity contribution in [2.24, 2.45) is 0 Å². The van der Waals surface area contributed by atoms with Crippen LogP contribution < -0.4 is 5.32 Å². The second kappa shape index (κ2) is 8.09. The SMILES string of the molecule is O=C(c1ccc(NCc2cc(Cl)ccc2Cl)cc1)N1CCC(O)CC1. The van der Waals surface area contributed by atoms with Crippen molar-refractivity contribution in [2.75, 3.05) is 18.4 Å². The van der Waals surface area contributed by atoms with Gasteiger partial charge in [-0.05, 0) is 60.9 Å². The van der Waals surface area contributed by atoms with Crippen molar-refractivity contribution < 1.29 is 9.90 Å². The summed E-state index contributed by atoms with van der Waals surface area (Å²) in [5, 5.41) is 14.1. The summed E-state index contributed by atoms with van der Waals surface area (Å²) in [5.41, 5.74) is 2.48. The van der Waals surface area contributed by atoms with E-state index in [0.29, 0.717) is 48.1 Å². The molecule has 1 fully saturated rings. The summed E-state index contributed by atoms with van der Waals surface area (Å²) in [5.74, 6) is 0.0105. The van der Waals surface area contributed by atoms with E-state index in [1.807, 2.05) is 30.3 Å². The molecule has 1 aliphatic heterocycles. The van der Waals surface area contributed by atoms with Gasteiger partial charge in [-0.2, -0.15) is 0 Å². The fraction of sp³-hybridized carbons (Fsp3) is 0.316. The molecule has 25 heavy (non-hydrogen) atoms. The molecule has 0 aromatic heterocycles. The van der Waals surface area contributed by atoms with E-state index >= 15 is 0 Å². The smallest absolute Gasteiger partial charge is 0.253 e. The summed E-state index contributed by atoms with van der Waals surface area (Å²) in [6.07, 6.45) is 1.01. The van der Waals surface area contributed by atoms with Crippen molar-refractivity contribution in [3.05, 3.63) is 63.6 Å². The molecule has 3 rings (SSSR count). The summed E-state index contributed by atoms with van der Waals surface area (Å²) < 4.78 is 0. The van der Waals surface area contributed by atoms with Crippen LogP contribution in [0.3, 0.4) is 0 Å². The van der Waals surface area contributed by atoms with Crippen molar-refractivity contribution >= 4 is 34.8 Å². The van der Waals surface area contributed by atoms with Gasteiger partial charge in [0, 0.05) is 40.9 Å². The molecular formula is C19H20Cl2N2O2. The Morgan fingerprint density at radius 3 is 2.48 bits per heavy atom. The first-order valence-corrected chi connectivity index (χ1v) is 9.04. The minimum absolute atomic E-state index is 0.0105. The van der Waals surface area contributed by atoms with Crippen LogP contribution in [0.25, 0.3) is 0 Å². The molecule has 0 bridgehead atoms. The number of hydrogen-bond acceptors (Lipinski definition) is 3. The maximum Gasteiger partial charge on any atom is 0.253 e. The van der Waals surface area contributed by atoms with Gasteiger partial charge in [-0.15, -0.1) is 0 Å². The quantitative estimate of drug-likeness (QED) is 0.837. The number of likely N-dealkylation sites (tertiary alicyclic amines) is 1. The number of benzene rings is 2. The van der Waals surface area contributed by atoms with Crippen LogP contribution in [0.5, 0.6) is 0 Å². The number of carbonyl (C=O) groups excluding carboxylic acids is 1. The minimum Gasteiger partial charge on any atom is -0.393 e. The van der Waals surface area contributed by atoms with E-state index in [0.717, 1.165) is 11.3 Å². The molecule has 0 saturated carbocycles. The Morgan fingerprint density at radius 2 is 1.80 bits per heavy atom. The van der Waals surface area contributed by atoms with Crippen LogP contribution >= 0.6 is 23.2 Å². The van der Waals surface area contributed by atoms with E-state index in [9.17, 15) is 9.90 Å². The highest BCUT2D eigenvalue weighted by Crippen LogP contribution is 2.22. The van der Waals surface area contributed by atoms with Gasteiger partial charge in [-0.3, -0.25) is 4.79 Å². The van der Waals surface area contributed by atoms with Crippen LogP contribution in [-0.2, 0) is 6.54 Å². The molecule has 1 heterocycles. The second-order valence-electron chi connectivity index (χ2n) is 6.19. The summed E-state index contributed by atoms with van der Waals surface area (Å²) in [7, 11) is 0. The Kier molecular flexibility index (Phi) is 5.84. The highest BCUT2D eigenvalue weighted by Gasteiger charge is 2.22. The molecule has 1 amide bonds. The van der Waals surface area contributed by atoms with Crippen molar-refractivity contribution in [2.45, 2.75) is 25.5 Å². The van der Waals surface area contributed by atoms with E-state index in [-0.39, 0.29) is 12.0 Å². The first-order chi connectivity index (χ1) is 12.0. The summed E-state index contributed by atoms with van der Waals surface area (Å²) in [6, 6.07) is 12.8. The van der Waals surface area contributed by atoms with E-state index in [1.165, 1.54) is 0 Å². The van der Waals surface area contributed by atoms with Crippen LogP contribution in [0.15, 0.2) is 42.5 Å². The molecule has 2 aromatic carbocycles. The van der Waals surface area contributed by atoms with Gasteiger partial charge in [0.1, 0.15) is 0 Å². The molecule has 0 radical (unpaired) electrons.